The molecule has 3 heterocycles. The molecule has 0 unspecified atom stereocenters. The van der Waals surface area contributed by atoms with Crippen molar-refractivity contribution in [1.82, 2.24) is 14.9 Å². The van der Waals surface area contributed by atoms with Gasteiger partial charge in [0, 0.05) is 25.0 Å². The lowest BCUT2D eigenvalue weighted by molar-refractivity contribution is 0.0723. The molecular formula is C19H24N4O2. The van der Waals surface area contributed by atoms with E-state index >= 15 is 0 Å². The summed E-state index contributed by atoms with van der Waals surface area (Å²) in [5, 5.41) is 3.21. The van der Waals surface area contributed by atoms with Gasteiger partial charge in [0.1, 0.15) is 0 Å². The zero-order chi connectivity index (χ0) is 17.6. The van der Waals surface area contributed by atoms with Crippen LogP contribution in [0.15, 0.2) is 30.6 Å². The fourth-order valence-corrected chi connectivity index (χ4v) is 2.88. The Hall–Kier alpha value is -2.63. The second-order valence-corrected chi connectivity index (χ2v) is 6.17. The molecule has 1 fully saturated rings. The largest absolute Gasteiger partial charge is 0.490 e. The lowest BCUT2D eigenvalue weighted by atomic mass is 10.1. The van der Waals surface area contributed by atoms with Crippen LogP contribution in [0.25, 0.3) is 0 Å². The number of rotatable bonds is 5. The first kappa shape index (κ1) is 17.2. The Morgan fingerprint density at radius 1 is 1.20 bits per heavy atom. The van der Waals surface area contributed by atoms with Crippen LogP contribution in [0.3, 0.4) is 0 Å². The number of hydrogen-bond acceptors (Lipinski definition) is 5. The molecular weight excluding hydrogens is 316 g/mol. The molecule has 0 aromatic carbocycles. The predicted molar refractivity (Wildman–Crippen MR) is 97.4 cm³/mol. The van der Waals surface area contributed by atoms with Crippen LogP contribution in [-0.2, 0) is 0 Å². The number of piperidine rings is 1. The summed E-state index contributed by atoms with van der Waals surface area (Å²) in [4.78, 5) is 23.2. The normalized spacial score (nSPS) is 14.2. The number of carbonyl (C=O) groups is 1. The van der Waals surface area contributed by atoms with Gasteiger partial charge >= 0.3 is 0 Å². The summed E-state index contributed by atoms with van der Waals surface area (Å²) in [5.74, 6) is 1.19. The molecule has 25 heavy (non-hydrogen) atoms. The number of amides is 1. The number of likely N-dealkylation sites (tertiary alicyclic amines) is 1. The third-order valence-corrected chi connectivity index (χ3v) is 4.22. The van der Waals surface area contributed by atoms with Gasteiger partial charge in [-0.25, -0.2) is 4.98 Å². The number of pyridine rings is 2. The van der Waals surface area contributed by atoms with Crippen LogP contribution >= 0.6 is 0 Å². The molecule has 3 rings (SSSR count). The fourth-order valence-electron chi connectivity index (χ4n) is 2.88. The van der Waals surface area contributed by atoms with E-state index in [-0.39, 0.29) is 5.91 Å². The molecule has 1 N–H and O–H groups in total. The van der Waals surface area contributed by atoms with E-state index in [1.54, 1.807) is 18.5 Å². The number of nitrogens with zero attached hydrogens (tertiary/aromatic N) is 3. The van der Waals surface area contributed by atoms with Gasteiger partial charge in [-0.2, -0.15) is 0 Å². The first-order chi connectivity index (χ1) is 12.2. The molecule has 0 bridgehead atoms. The molecule has 2 aromatic rings. The Morgan fingerprint density at radius 3 is 2.68 bits per heavy atom. The van der Waals surface area contributed by atoms with E-state index in [2.05, 4.69) is 15.3 Å². The van der Waals surface area contributed by atoms with Gasteiger partial charge < -0.3 is 15.0 Å². The number of nitrogens with one attached hydrogen (secondary N) is 1. The molecule has 1 amide bonds. The first-order valence-electron chi connectivity index (χ1n) is 8.79. The van der Waals surface area contributed by atoms with Gasteiger partial charge in [-0.15, -0.1) is 0 Å². The fraction of sp³-hybridized carbons (Fsp3) is 0.421. The Kier molecular flexibility index (Phi) is 5.48. The Balaban J connectivity index is 1.81. The van der Waals surface area contributed by atoms with Crippen molar-refractivity contribution in [3.8, 4) is 5.75 Å². The van der Waals surface area contributed by atoms with E-state index < -0.39 is 0 Å². The highest BCUT2D eigenvalue weighted by atomic mass is 16.5. The number of carbonyl (C=O) groups excluding carboxylic acids is 1. The molecule has 132 valence electrons. The summed E-state index contributed by atoms with van der Waals surface area (Å²) >= 11 is 0. The highest BCUT2D eigenvalue weighted by molar-refractivity contribution is 5.94. The predicted octanol–water partition coefficient (Wildman–Crippen LogP) is 3.55. The third kappa shape index (κ3) is 4.26. The van der Waals surface area contributed by atoms with Crippen molar-refractivity contribution < 1.29 is 9.53 Å². The molecule has 1 saturated heterocycles. The summed E-state index contributed by atoms with van der Waals surface area (Å²) in [6.07, 6.45) is 6.69. The smallest absolute Gasteiger partial charge is 0.255 e. The summed E-state index contributed by atoms with van der Waals surface area (Å²) in [5.41, 5.74) is 2.35. The monoisotopic (exact) mass is 340 g/mol. The molecule has 0 atom stereocenters. The van der Waals surface area contributed by atoms with Crippen LogP contribution in [0.2, 0.25) is 0 Å². The zero-order valence-corrected chi connectivity index (χ0v) is 14.8. The highest BCUT2D eigenvalue weighted by Crippen LogP contribution is 2.27. The zero-order valence-electron chi connectivity index (χ0n) is 14.8. The van der Waals surface area contributed by atoms with Gasteiger partial charge in [0.25, 0.3) is 5.91 Å². The van der Waals surface area contributed by atoms with Gasteiger partial charge in [-0.3, -0.25) is 9.78 Å². The van der Waals surface area contributed by atoms with E-state index in [1.165, 1.54) is 6.42 Å². The van der Waals surface area contributed by atoms with Gasteiger partial charge in [0.2, 0.25) is 0 Å². The minimum atomic E-state index is 0.0247. The Labute approximate surface area is 148 Å². The number of anilines is 2. The van der Waals surface area contributed by atoms with Crippen LogP contribution < -0.4 is 10.1 Å². The second kappa shape index (κ2) is 7.96. The summed E-state index contributed by atoms with van der Waals surface area (Å²) in [7, 11) is 0. The number of aryl methyl sites for hydroxylation is 1. The second-order valence-electron chi connectivity index (χ2n) is 6.17. The Morgan fingerprint density at radius 2 is 2.00 bits per heavy atom. The van der Waals surface area contributed by atoms with Gasteiger partial charge in [-0.05, 0) is 51.3 Å². The van der Waals surface area contributed by atoms with Crippen molar-refractivity contribution in [1.29, 1.82) is 0 Å². The maximum atomic E-state index is 12.7. The van der Waals surface area contributed by atoms with E-state index in [1.807, 2.05) is 30.9 Å². The maximum absolute atomic E-state index is 12.7. The maximum Gasteiger partial charge on any atom is 0.255 e. The van der Waals surface area contributed by atoms with Crippen LogP contribution in [-0.4, -0.2) is 40.5 Å². The average Bonchev–Trinajstić information content (AvgIpc) is 2.65. The minimum Gasteiger partial charge on any atom is -0.490 e. The molecule has 0 radical (unpaired) electrons. The van der Waals surface area contributed by atoms with Crippen molar-refractivity contribution in [2.24, 2.45) is 0 Å². The van der Waals surface area contributed by atoms with Crippen molar-refractivity contribution in [3.05, 3.63) is 41.9 Å². The third-order valence-electron chi connectivity index (χ3n) is 4.22. The summed E-state index contributed by atoms with van der Waals surface area (Å²) in [6.45, 7) is 5.99. The standard InChI is InChI=1S/C19H24N4O2/c1-3-25-17-11-15(19(24)23-9-5-4-6-10-23)12-21-18(17)22-16-8-7-14(2)20-13-16/h7-8,11-13H,3-6,9-10H2,1-2H3,(H,21,22). The van der Waals surface area contributed by atoms with E-state index in [4.69, 9.17) is 4.74 Å². The van der Waals surface area contributed by atoms with Crippen LogP contribution in [0.1, 0.15) is 42.2 Å². The minimum absolute atomic E-state index is 0.0247. The van der Waals surface area contributed by atoms with Crippen molar-refractivity contribution in [2.45, 2.75) is 33.1 Å². The van der Waals surface area contributed by atoms with Crippen LogP contribution in [0.5, 0.6) is 5.75 Å². The first-order valence-corrected chi connectivity index (χ1v) is 8.79. The summed E-state index contributed by atoms with van der Waals surface area (Å²) in [6, 6.07) is 5.64. The molecule has 2 aromatic heterocycles. The topological polar surface area (TPSA) is 67.3 Å². The van der Waals surface area contributed by atoms with Crippen molar-refractivity contribution >= 4 is 17.4 Å². The molecule has 1 aliphatic heterocycles. The highest BCUT2D eigenvalue weighted by Gasteiger charge is 2.20. The lowest BCUT2D eigenvalue weighted by Gasteiger charge is -2.26. The Bertz CT molecular complexity index is 725. The molecule has 0 spiro atoms. The average molecular weight is 340 g/mol. The van der Waals surface area contributed by atoms with Crippen LogP contribution in [0, 0.1) is 6.92 Å². The molecule has 6 heteroatoms. The van der Waals surface area contributed by atoms with Gasteiger partial charge in [0.05, 0.1) is 24.1 Å². The van der Waals surface area contributed by atoms with Crippen molar-refractivity contribution in [3.63, 3.8) is 0 Å². The van der Waals surface area contributed by atoms with Gasteiger partial charge in [-0.1, -0.05) is 0 Å². The van der Waals surface area contributed by atoms with Crippen molar-refractivity contribution in [2.75, 3.05) is 25.0 Å². The number of aromatic nitrogens is 2. The molecule has 1 aliphatic rings. The number of ether oxygens (including phenoxy) is 1. The molecule has 6 nitrogen and oxygen atoms in total. The van der Waals surface area contributed by atoms with Gasteiger partial charge in [0.15, 0.2) is 11.6 Å². The van der Waals surface area contributed by atoms with E-state index in [0.717, 1.165) is 37.3 Å². The van der Waals surface area contributed by atoms with E-state index in [9.17, 15) is 4.79 Å². The SMILES string of the molecule is CCOc1cc(C(=O)N2CCCCC2)cnc1Nc1ccc(C)nc1. The lowest BCUT2D eigenvalue weighted by Crippen LogP contribution is -2.35. The van der Waals surface area contributed by atoms with E-state index in [0.29, 0.717) is 23.7 Å². The molecule has 0 aliphatic carbocycles. The van der Waals surface area contributed by atoms with Crippen LogP contribution in [0.4, 0.5) is 11.5 Å². The quantitative estimate of drug-likeness (QED) is 0.901. The molecule has 0 saturated carbocycles. The summed E-state index contributed by atoms with van der Waals surface area (Å²) < 4.78 is 5.69. The number of hydrogen-bond donors (Lipinski definition) is 1.